The van der Waals surface area contributed by atoms with Crippen LogP contribution in [0.25, 0.3) is 0 Å². The Morgan fingerprint density at radius 2 is 0.704 bits per heavy atom. The van der Waals surface area contributed by atoms with Gasteiger partial charge in [-0.15, -0.1) is 0 Å². The quantitative estimate of drug-likeness (QED) is 0.0427. The molecule has 2 atom stereocenters. The van der Waals surface area contributed by atoms with Gasteiger partial charge in [0.25, 0.3) is 0 Å². The van der Waals surface area contributed by atoms with Crippen LogP contribution in [0.2, 0.25) is 0 Å². The molecule has 0 aromatic rings. The zero-order valence-corrected chi connectivity index (χ0v) is 37.0. The Balaban J connectivity index is 3.27. The Labute approximate surface area is 339 Å². The van der Waals surface area contributed by atoms with Crippen LogP contribution in [-0.4, -0.2) is 34.9 Å². The van der Waals surface area contributed by atoms with Gasteiger partial charge in [0.15, 0.2) is 0 Å². The van der Waals surface area contributed by atoms with Gasteiger partial charge < -0.3 is 15.5 Å². The summed E-state index contributed by atoms with van der Waals surface area (Å²) in [6.45, 7) is 4.30. The molecule has 0 bridgehead atoms. The largest absolute Gasteiger partial charge is 0.394 e. The fourth-order valence-electron chi connectivity index (χ4n) is 7.95. The van der Waals surface area contributed by atoms with Gasteiger partial charge in [-0.25, -0.2) is 0 Å². The summed E-state index contributed by atoms with van der Waals surface area (Å²) in [7, 11) is 0. The molecular formula is C50H99NO3. The average molecular weight is 762 g/mol. The van der Waals surface area contributed by atoms with Crippen molar-refractivity contribution in [2.24, 2.45) is 0 Å². The van der Waals surface area contributed by atoms with E-state index in [-0.39, 0.29) is 12.5 Å². The lowest BCUT2D eigenvalue weighted by Gasteiger charge is -2.22. The summed E-state index contributed by atoms with van der Waals surface area (Å²) in [4.78, 5) is 12.3. The molecule has 54 heavy (non-hydrogen) atoms. The minimum Gasteiger partial charge on any atom is -0.394 e. The van der Waals surface area contributed by atoms with Crippen LogP contribution >= 0.6 is 0 Å². The standard InChI is InChI=1S/C50H99NO3/c1-3-5-7-9-10-11-12-13-14-15-16-17-18-19-20-21-22-23-24-25-26-27-28-29-30-31-32-33-34-35-36-37-38-39-40-42-44-46-50(54)51-48(47-52)49(53)45-43-41-8-6-4-2/h15-16,48-49,52-53H,3-14,17-47H2,1-2H3,(H,51,54)/b16-15-. The van der Waals surface area contributed by atoms with Crippen LogP contribution < -0.4 is 5.32 Å². The molecule has 4 heteroatoms. The molecule has 0 aliphatic carbocycles. The Bertz CT molecular complexity index is 739. The molecule has 0 fully saturated rings. The van der Waals surface area contributed by atoms with E-state index in [1.807, 2.05) is 0 Å². The molecule has 2 unspecified atom stereocenters. The highest BCUT2D eigenvalue weighted by molar-refractivity contribution is 5.76. The maximum atomic E-state index is 12.3. The van der Waals surface area contributed by atoms with Crippen LogP contribution in [0.15, 0.2) is 12.2 Å². The van der Waals surface area contributed by atoms with Crippen molar-refractivity contribution in [3.05, 3.63) is 12.2 Å². The number of allylic oxidation sites excluding steroid dienone is 2. The maximum Gasteiger partial charge on any atom is 0.220 e. The first kappa shape index (κ1) is 53.1. The molecule has 0 spiro atoms. The van der Waals surface area contributed by atoms with Crippen molar-refractivity contribution in [2.75, 3.05) is 6.61 Å². The number of nitrogens with one attached hydrogen (secondary N) is 1. The third-order valence-electron chi connectivity index (χ3n) is 11.8. The smallest absolute Gasteiger partial charge is 0.220 e. The van der Waals surface area contributed by atoms with Gasteiger partial charge in [0.2, 0.25) is 5.91 Å². The van der Waals surface area contributed by atoms with E-state index >= 15 is 0 Å². The highest BCUT2D eigenvalue weighted by Gasteiger charge is 2.20. The second-order valence-corrected chi connectivity index (χ2v) is 17.2. The molecule has 0 saturated heterocycles. The van der Waals surface area contributed by atoms with E-state index in [4.69, 9.17) is 0 Å². The predicted octanol–water partition coefficient (Wildman–Crippen LogP) is 15.8. The van der Waals surface area contributed by atoms with Crippen LogP contribution in [-0.2, 0) is 4.79 Å². The Morgan fingerprint density at radius 1 is 0.426 bits per heavy atom. The topological polar surface area (TPSA) is 69.6 Å². The van der Waals surface area contributed by atoms with Gasteiger partial charge in [-0.05, 0) is 38.5 Å². The SMILES string of the molecule is CCCCCCCCCC/C=C\CCCCCCCCCCCCCCCCCCCCCCCCCCCC(=O)NC(CO)C(O)CCCCCCC. The number of unbranched alkanes of at least 4 members (excludes halogenated alkanes) is 37. The highest BCUT2D eigenvalue weighted by Crippen LogP contribution is 2.17. The van der Waals surface area contributed by atoms with E-state index in [0.29, 0.717) is 12.8 Å². The number of rotatable bonds is 46. The molecule has 1 amide bonds. The number of carbonyl (C=O) groups excluding carboxylic acids is 1. The van der Waals surface area contributed by atoms with Crippen molar-refractivity contribution in [2.45, 2.75) is 296 Å². The third kappa shape index (κ3) is 42.3. The van der Waals surface area contributed by atoms with Crippen LogP contribution in [0.1, 0.15) is 284 Å². The van der Waals surface area contributed by atoms with Crippen LogP contribution in [0.5, 0.6) is 0 Å². The summed E-state index contributed by atoms with van der Waals surface area (Å²) >= 11 is 0. The maximum absolute atomic E-state index is 12.3. The Hall–Kier alpha value is -0.870. The number of amides is 1. The summed E-state index contributed by atoms with van der Waals surface area (Å²) in [6, 6.07) is -0.527. The normalized spacial score (nSPS) is 12.9. The summed E-state index contributed by atoms with van der Waals surface area (Å²) in [6.07, 6.45) is 59.5. The number of hydrogen-bond donors (Lipinski definition) is 3. The molecule has 0 radical (unpaired) electrons. The molecule has 322 valence electrons. The van der Waals surface area contributed by atoms with Crippen LogP contribution in [0, 0.1) is 0 Å². The van der Waals surface area contributed by atoms with Gasteiger partial charge in [-0.2, -0.15) is 0 Å². The average Bonchev–Trinajstić information content (AvgIpc) is 3.18. The zero-order chi connectivity index (χ0) is 39.3. The monoisotopic (exact) mass is 762 g/mol. The van der Waals surface area contributed by atoms with Crippen LogP contribution in [0.4, 0.5) is 0 Å². The number of carbonyl (C=O) groups is 1. The van der Waals surface area contributed by atoms with Gasteiger partial charge in [-0.3, -0.25) is 4.79 Å². The number of aliphatic hydroxyl groups excluding tert-OH is 2. The van der Waals surface area contributed by atoms with Crippen molar-refractivity contribution in [3.8, 4) is 0 Å². The van der Waals surface area contributed by atoms with Crippen molar-refractivity contribution in [3.63, 3.8) is 0 Å². The lowest BCUT2D eigenvalue weighted by Crippen LogP contribution is -2.45. The molecule has 0 aliphatic heterocycles. The van der Waals surface area contributed by atoms with Crippen molar-refractivity contribution in [1.82, 2.24) is 5.32 Å². The van der Waals surface area contributed by atoms with Gasteiger partial charge in [0.1, 0.15) is 0 Å². The summed E-state index contributed by atoms with van der Waals surface area (Å²) in [5.41, 5.74) is 0. The molecule has 0 aromatic heterocycles. The molecule has 3 N–H and O–H groups in total. The number of aliphatic hydroxyl groups is 2. The Kier molecular flexibility index (Phi) is 45.8. The first-order valence-electron chi connectivity index (χ1n) is 24.9. The second-order valence-electron chi connectivity index (χ2n) is 17.2. The summed E-state index contributed by atoms with van der Waals surface area (Å²) in [5.74, 6) is -0.0332. The van der Waals surface area contributed by atoms with E-state index in [9.17, 15) is 15.0 Å². The zero-order valence-electron chi connectivity index (χ0n) is 37.0. The first-order valence-corrected chi connectivity index (χ1v) is 24.9. The molecule has 4 nitrogen and oxygen atoms in total. The lowest BCUT2D eigenvalue weighted by molar-refractivity contribution is -0.123. The van der Waals surface area contributed by atoms with E-state index in [1.54, 1.807) is 0 Å². The summed E-state index contributed by atoms with van der Waals surface area (Å²) < 4.78 is 0. The molecule has 0 aliphatic rings. The van der Waals surface area contributed by atoms with Crippen molar-refractivity contribution in [1.29, 1.82) is 0 Å². The van der Waals surface area contributed by atoms with Crippen LogP contribution in [0.3, 0.4) is 0 Å². The molecule has 0 rings (SSSR count). The second kappa shape index (κ2) is 46.5. The first-order chi connectivity index (χ1) is 26.7. The molecule has 0 saturated carbocycles. The van der Waals surface area contributed by atoms with Gasteiger partial charge >= 0.3 is 0 Å². The van der Waals surface area contributed by atoms with E-state index in [2.05, 4.69) is 31.3 Å². The fourth-order valence-corrected chi connectivity index (χ4v) is 7.95. The minimum atomic E-state index is -0.651. The van der Waals surface area contributed by atoms with Gasteiger partial charge in [-0.1, -0.05) is 251 Å². The number of hydrogen-bond acceptors (Lipinski definition) is 3. The molecule has 0 aromatic carbocycles. The fraction of sp³-hybridized carbons (Fsp3) is 0.940. The lowest BCUT2D eigenvalue weighted by atomic mass is 10.0. The van der Waals surface area contributed by atoms with E-state index in [0.717, 1.165) is 25.7 Å². The predicted molar refractivity (Wildman–Crippen MR) is 239 cm³/mol. The van der Waals surface area contributed by atoms with E-state index in [1.165, 1.54) is 231 Å². The Morgan fingerprint density at radius 3 is 1.02 bits per heavy atom. The third-order valence-corrected chi connectivity index (χ3v) is 11.8. The van der Waals surface area contributed by atoms with Crippen molar-refractivity contribution < 1.29 is 15.0 Å². The molecular weight excluding hydrogens is 663 g/mol. The van der Waals surface area contributed by atoms with E-state index < -0.39 is 12.1 Å². The molecule has 0 heterocycles. The van der Waals surface area contributed by atoms with Crippen molar-refractivity contribution >= 4 is 5.91 Å². The van der Waals surface area contributed by atoms with Gasteiger partial charge in [0, 0.05) is 6.42 Å². The van der Waals surface area contributed by atoms with Gasteiger partial charge in [0.05, 0.1) is 18.8 Å². The highest BCUT2D eigenvalue weighted by atomic mass is 16.3. The summed E-state index contributed by atoms with van der Waals surface area (Å²) in [5, 5.41) is 22.8. The minimum absolute atomic E-state index is 0.0332.